The van der Waals surface area contributed by atoms with Gasteiger partial charge in [0.15, 0.2) is 0 Å². The summed E-state index contributed by atoms with van der Waals surface area (Å²) in [5.74, 6) is 0.0589. The van der Waals surface area contributed by atoms with Gasteiger partial charge in [0, 0.05) is 25.2 Å². The van der Waals surface area contributed by atoms with Gasteiger partial charge in [-0.3, -0.25) is 4.79 Å². The van der Waals surface area contributed by atoms with Gasteiger partial charge in [0.25, 0.3) is 5.91 Å². The molecule has 1 aromatic rings. The summed E-state index contributed by atoms with van der Waals surface area (Å²) in [6.45, 7) is 5.63. The van der Waals surface area contributed by atoms with Crippen molar-refractivity contribution < 1.29 is 9.53 Å². The van der Waals surface area contributed by atoms with Crippen LogP contribution in [0.2, 0.25) is 0 Å². The van der Waals surface area contributed by atoms with Crippen molar-refractivity contribution in [3.63, 3.8) is 0 Å². The second kappa shape index (κ2) is 5.50. The lowest BCUT2D eigenvalue weighted by Crippen LogP contribution is -2.51. The Bertz CT molecular complexity index is 416. The van der Waals surface area contributed by atoms with Crippen molar-refractivity contribution in [1.29, 1.82) is 0 Å². The number of ether oxygens (including phenoxy) is 1. The molecule has 2 atom stereocenters. The molecule has 2 rings (SSSR count). The molecule has 0 radical (unpaired) electrons. The van der Waals surface area contributed by atoms with E-state index in [1.54, 1.807) is 0 Å². The van der Waals surface area contributed by atoms with Crippen molar-refractivity contribution in [3.05, 3.63) is 35.4 Å². The summed E-state index contributed by atoms with van der Waals surface area (Å²) in [7, 11) is 0. The van der Waals surface area contributed by atoms with Crippen LogP contribution in [0.5, 0.6) is 0 Å². The minimum absolute atomic E-state index is 0.0432. The fourth-order valence-electron chi connectivity index (χ4n) is 2.22. The molecular formula is C14H20N2O2. The molecular weight excluding hydrogens is 228 g/mol. The molecule has 2 unspecified atom stereocenters. The van der Waals surface area contributed by atoms with Gasteiger partial charge in [0.2, 0.25) is 0 Å². The Morgan fingerprint density at radius 1 is 1.39 bits per heavy atom. The maximum Gasteiger partial charge on any atom is 0.254 e. The molecule has 1 aromatic carbocycles. The average Bonchev–Trinajstić information content (AvgIpc) is 2.38. The summed E-state index contributed by atoms with van der Waals surface area (Å²) in [5.41, 5.74) is 7.51. The lowest BCUT2D eigenvalue weighted by molar-refractivity contribution is -0.0625. The van der Waals surface area contributed by atoms with E-state index in [9.17, 15) is 4.79 Å². The Hall–Kier alpha value is -1.39. The number of nitrogens with two attached hydrogens (primary N) is 1. The van der Waals surface area contributed by atoms with E-state index in [1.807, 2.05) is 43.0 Å². The maximum absolute atomic E-state index is 12.3. The first-order chi connectivity index (χ1) is 8.60. The van der Waals surface area contributed by atoms with Crippen molar-refractivity contribution in [2.75, 3.05) is 19.6 Å². The molecule has 2 N–H and O–H groups in total. The molecule has 1 heterocycles. The molecule has 1 aliphatic rings. The standard InChI is InChI=1S/C14H20N2O2/c1-10-3-5-12(6-4-10)14(17)16-8-11(2)18-13(7-15)9-16/h3-6,11,13H,7-9,15H2,1-2H3. The third-order valence-electron chi connectivity index (χ3n) is 3.17. The second-order valence-corrected chi connectivity index (χ2v) is 4.88. The predicted octanol–water partition coefficient (Wildman–Crippen LogP) is 1.18. The molecule has 4 heteroatoms. The van der Waals surface area contributed by atoms with Gasteiger partial charge in [0.05, 0.1) is 12.2 Å². The van der Waals surface area contributed by atoms with E-state index in [4.69, 9.17) is 10.5 Å². The normalized spacial score (nSPS) is 24.1. The number of morpholine rings is 1. The molecule has 1 fully saturated rings. The van der Waals surface area contributed by atoms with E-state index >= 15 is 0 Å². The predicted molar refractivity (Wildman–Crippen MR) is 70.5 cm³/mol. The largest absolute Gasteiger partial charge is 0.370 e. The van der Waals surface area contributed by atoms with Crippen LogP contribution in [0.3, 0.4) is 0 Å². The zero-order valence-electron chi connectivity index (χ0n) is 10.9. The van der Waals surface area contributed by atoms with Crippen LogP contribution in [-0.2, 0) is 4.74 Å². The molecule has 0 aromatic heterocycles. The molecule has 98 valence electrons. The van der Waals surface area contributed by atoms with Crippen molar-refractivity contribution in [3.8, 4) is 0 Å². The van der Waals surface area contributed by atoms with Gasteiger partial charge in [-0.2, -0.15) is 0 Å². The number of amides is 1. The third kappa shape index (κ3) is 2.89. The van der Waals surface area contributed by atoms with Crippen LogP contribution in [0.25, 0.3) is 0 Å². The molecule has 4 nitrogen and oxygen atoms in total. The van der Waals surface area contributed by atoms with Crippen LogP contribution in [0, 0.1) is 6.92 Å². The number of aryl methyl sites for hydroxylation is 1. The quantitative estimate of drug-likeness (QED) is 0.855. The summed E-state index contributed by atoms with van der Waals surface area (Å²) in [5, 5.41) is 0. The first-order valence-corrected chi connectivity index (χ1v) is 6.31. The lowest BCUT2D eigenvalue weighted by Gasteiger charge is -2.36. The highest BCUT2D eigenvalue weighted by atomic mass is 16.5. The Morgan fingerprint density at radius 3 is 2.67 bits per heavy atom. The fourth-order valence-corrected chi connectivity index (χ4v) is 2.22. The summed E-state index contributed by atoms with van der Waals surface area (Å²) >= 11 is 0. The zero-order valence-corrected chi connectivity index (χ0v) is 10.9. The highest BCUT2D eigenvalue weighted by Gasteiger charge is 2.27. The van der Waals surface area contributed by atoms with E-state index < -0.39 is 0 Å². The van der Waals surface area contributed by atoms with Gasteiger partial charge in [-0.1, -0.05) is 17.7 Å². The molecule has 0 bridgehead atoms. The SMILES string of the molecule is Cc1ccc(C(=O)N2CC(C)OC(CN)C2)cc1. The minimum atomic E-state index is -0.0526. The van der Waals surface area contributed by atoms with Crippen molar-refractivity contribution in [1.82, 2.24) is 4.90 Å². The van der Waals surface area contributed by atoms with E-state index in [0.29, 0.717) is 19.6 Å². The van der Waals surface area contributed by atoms with Gasteiger partial charge < -0.3 is 15.4 Å². The molecule has 0 aliphatic carbocycles. The van der Waals surface area contributed by atoms with Crippen LogP contribution < -0.4 is 5.73 Å². The zero-order chi connectivity index (χ0) is 13.1. The lowest BCUT2D eigenvalue weighted by atomic mass is 10.1. The molecule has 0 saturated carbocycles. The highest BCUT2D eigenvalue weighted by Crippen LogP contribution is 2.14. The van der Waals surface area contributed by atoms with Crippen LogP contribution in [0.4, 0.5) is 0 Å². The Kier molecular flexibility index (Phi) is 3.99. The van der Waals surface area contributed by atoms with Crippen LogP contribution in [0.1, 0.15) is 22.8 Å². The van der Waals surface area contributed by atoms with Crippen molar-refractivity contribution in [2.24, 2.45) is 5.73 Å². The first kappa shape index (κ1) is 13.1. The van der Waals surface area contributed by atoms with Gasteiger partial charge in [-0.25, -0.2) is 0 Å². The number of nitrogens with zero attached hydrogens (tertiary/aromatic N) is 1. The molecule has 0 spiro atoms. The third-order valence-corrected chi connectivity index (χ3v) is 3.17. The maximum atomic E-state index is 12.3. The monoisotopic (exact) mass is 248 g/mol. The first-order valence-electron chi connectivity index (χ1n) is 6.31. The van der Waals surface area contributed by atoms with Crippen LogP contribution in [-0.4, -0.2) is 42.6 Å². The fraction of sp³-hybridized carbons (Fsp3) is 0.500. The second-order valence-electron chi connectivity index (χ2n) is 4.88. The number of hydrogen-bond donors (Lipinski definition) is 1. The summed E-state index contributed by atoms with van der Waals surface area (Å²) in [6, 6.07) is 7.65. The van der Waals surface area contributed by atoms with Crippen LogP contribution in [0.15, 0.2) is 24.3 Å². The van der Waals surface area contributed by atoms with Gasteiger partial charge >= 0.3 is 0 Å². The van der Waals surface area contributed by atoms with Gasteiger partial charge in [-0.15, -0.1) is 0 Å². The molecule has 1 amide bonds. The summed E-state index contributed by atoms with van der Waals surface area (Å²) < 4.78 is 5.65. The van der Waals surface area contributed by atoms with E-state index in [2.05, 4.69) is 0 Å². The van der Waals surface area contributed by atoms with Gasteiger partial charge in [0.1, 0.15) is 0 Å². The number of carbonyl (C=O) groups excluding carboxylic acids is 1. The Balaban J connectivity index is 2.10. The molecule has 1 saturated heterocycles. The molecule has 18 heavy (non-hydrogen) atoms. The van der Waals surface area contributed by atoms with Gasteiger partial charge in [-0.05, 0) is 26.0 Å². The summed E-state index contributed by atoms with van der Waals surface area (Å²) in [4.78, 5) is 14.2. The smallest absolute Gasteiger partial charge is 0.254 e. The van der Waals surface area contributed by atoms with Crippen LogP contribution >= 0.6 is 0 Å². The van der Waals surface area contributed by atoms with Crippen molar-refractivity contribution >= 4 is 5.91 Å². The topological polar surface area (TPSA) is 55.6 Å². The van der Waals surface area contributed by atoms with E-state index in [0.717, 1.165) is 11.1 Å². The number of hydrogen-bond acceptors (Lipinski definition) is 3. The Labute approximate surface area is 108 Å². The Morgan fingerprint density at radius 2 is 2.06 bits per heavy atom. The number of carbonyl (C=O) groups is 1. The average molecular weight is 248 g/mol. The van der Waals surface area contributed by atoms with E-state index in [-0.39, 0.29) is 18.1 Å². The number of rotatable bonds is 2. The number of benzene rings is 1. The highest BCUT2D eigenvalue weighted by molar-refractivity contribution is 5.94. The van der Waals surface area contributed by atoms with E-state index in [1.165, 1.54) is 0 Å². The minimum Gasteiger partial charge on any atom is -0.370 e. The van der Waals surface area contributed by atoms with Crippen molar-refractivity contribution in [2.45, 2.75) is 26.1 Å². The molecule has 1 aliphatic heterocycles. The summed E-state index contributed by atoms with van der Waals surface area (Å²) in [6.07, 6.45) is -0.00940.